The normalized spacial score (nSPS) is 10.6. The summed E-state index contributed by atoms with van der Waals surface area (Å²) >= 11 is 0. The Morgan fingerprint density at radius 2 is 1.76 bits per heavy atom. The van der Waals surface area contributed by atoms with Gasteiger partial charge in [0.25, 0.3) is 0 Å². The highest BCUT2D eigenvalue weighted by Gasteiger charge is 2.09. The van der Waals surface area contributed by atoms with Gasteiger partial charge in [-0.25, -0.2) is 4.79 Å². The average molecular weight is 331 g/mol. The summed E-state index contributed by atoms with van der Waals surface area (Å²) in [4.78, 5) is 16.4. The molecule has 0 saturated carbocycles. The molecule has 0 fully saturated rings. The number of nitrogens with zero attached hydrogens (tertiary/aromatic N) is 1. The molecule has 25 heavy (non-hydrogen) atoms. The number of esters is 1. The van der Waals surface area contributed by atoms with Gasteiger partial charge in [-0.1, -0.05) is 30.3 Å². The van der Waals surface area contributed by atoms with Crippen LogP contribution in [0, 0.1) is 0 Å². The molecule has 0 unspecified atom stereocenters. The Morgan fingerprint density at radius 3 is 2.48 bits per heavy atom. The van der Waals surface area contributed by atoms with E-state index in [1.807, 2.05) is 42.5 Å². The summed E-state index contributed by atoms with van der Waals surface area (Å²) in [5, 5.41) is 0. The van der Waals surface area contributed by atoms with Crippen LogP contribution in [0.2, 0.25) is 0 Å². The largest absolute Gasteiger partial charge is 0.497 e. The van der Waals surface area contributed by atoms with Gasteiger partial charge in [-0.15, -0.1) is 0 Å². The molecule has 0 radical (unpaired) electrons. The summed E-state index contributed by atoms with van der Waals surface area (Å²) < 4.78 is 10.5. The highest BCUT2D eigenvalue weighted by molar-refractivity contribution is 5.91. The van der Waals surface area contributed by atoms with Gasteiger partial charge < -0.3 is 9.47 Å². The molecule has 0 amide bonds. The first-order valence-corrected chi connectivity index (χ1v) is 7.80. The third kappa shape index (κ3) is 4.54. The van der Waals surface area contributed by atoms with Gasteiger partial charge in [-0.2, -0.15) is 0 Å². The molecule has 124 valence electrons. The summed E-state index contributed by atoms with van der Waals surface area (Å²) in [6, 6.07) is 19.9. The Hall–Kier alpha value is -3.40. The van der Waals surface area contributed by atoms with Crippen molar-refractivity contribution in [3.8, 4) is 11.5 Å². The molecule has 2 aromatic carbocycles. The van der Waals surface area contributed by atoms with Gasteiger partial charge in [0, 0.05) is 6.20 Å². The molecule has 0 aliphatic carbocycles. The van der Waals surface area contributed by atoms with E-state index in [1.165, 1.54) is 0 Å². The maximum Gasteiger partial charge on any atom is 0.343 e. The SMILES string of the molecule is COc1cccc(C(=O)Oc2ccc(/C=C/c3ccccn3)cc2)c1. The molecule has 0 spiro atoms. The minimum Gasteiger partial charge on any atom is -0.497 e. The van der Waals surface area contributed by atoms with Crippen molar-refractivity contribution in [1.29, 1.82) is 0 Å². The molecule has 0 aliphatic rings. The fraction of sp³-hybridized carbons (Fsp3) is 0.0476. The number of methoxy groups -OCH3 is 1. The van der Waals surface area contributed by atoms with Crippen molar-refractivity contribution in [2.45, 2.75) is 0 Å². The topological polar surface area (TPSA) is 48.4 Å². The minimum absolute atomic E-state index is 0.421. The number of carbonyl (C=O) groups is 1. The number of carbonyl (C=O) groups excluding carboxylic acids is 1. The number of ether oxygens (including phenoxy) is 2. The van der Waals surface area contributed by atoms with Gasteiger partial charge in [-0.05, 0) is 54.1 Å². The maximum absolute atomic E-state index is 12.2. The van der Waals surface area contributed by atoms with Crippen LogP contribution in [0.1, 0.15) is 21.6 Å². The van der Waals surface area contributed by atoms with Gasteiger partial charge in [0.05, 0.1) is 18.4 Å². The van der Waals surface area contributed by atoms with Crippen molar-refractivity contribution >= 4 is 18.1 Å². The monoisotopic (exact) mass is 331 g/mol. The maximum atomic E-state index is 12.2. The van der Waals surface area contributed by atoms with Crippen molar-refractivity contribution in [2.24, 2.45) is 0 Å². The second-order valence-electron chi connectivity index (χ2n) is 5.28. The Bertz CT molecular complexity index is 871. The van der Waals surface area contributed by atoms with E-state index in [1.54, 1.807) is 49.7 Å². The first-order chi connectivity index (χ1) is 12.2. The molecular formula is C21H17NO3. The summed E-state index contributed by atoms with van der Waals surface area (Å²) in [5.41, 5.74) is 2.32. The van der Waals surface area contributed by atoms with Gasteiger partial charge >= 0.3 is 5.97 Å². The predicted molar refractivity (Wildman–Crippen MR) is 97.6 cm³/mol. The van der Waals surface area contributed by atoms with Gasteiger partial charge in [0.1, 0.15) is 11.5 Å². The van der Waals surface area contributed by atoms with Crippen molar-refractivity contribution < 1.29 is 14.3 Å². The summed E-state index contributed by atoms with van der Waals surface area (Å²) in [6.07, 6.45) is 5.63. The van der Waals surface area contributed by atoms with Crippen LogP contribution >= 0.6 is 0 Å². The minimum atomic E-state index is -0.421. The Labute approximate surface area is 146 Å². The average Bonchev–Trinajstić information content (AvgIpc) is 2.68. The van der Waals surface area contributed by atoms with Gasteiger partial charge in [-0.3, -0.25) is 4.98 Å². The molecule has 0 aliphatic heterocycles. The van der Waals surface area contributed by atoms with Crippen LogP contribution in [0.5, 0.6) is 11.5 Å². The predicted octanol–water partition coefficient (Wildman–Crippen LogP) is 4.48. The number of hydrogen-bond acceptors (Lipinski definition) is 4. The fourth-order valence-electron chi connectivity index (χ4n) is 2.22. The number of rotatable bonds is 5. The molecule has 1 aromatic heterocycles. The van der Waals surface area contributed by atoms with E-state index in [-0.39, 0.29) is 0 Å². The molecule has 3 aromatic rings. The molecule has 0 bridgehead atoms. The third-order valence-corrected chi connectivity index (χ3v) is 3.53. The van der Waals surface area contributed by atoms with Crippen LogP contribution in [-0.2, 0) is 0 Å². The van der Waals surface area contributed by atoms with E-state index in [2.05, 4.69) is 4.98 Å². The molecular weight excluding hydrogens is 314 g/mol. The van der Waals surface area contributed by atoms with E-state index >= 15 is 0 Å². The van der Waals surface area contributed by atoms with Crippen LogP contribution in [0.3, 0.4) is 0 Å². The zero-order chi connectivity index (χ0) is 17.5. The zero-order valence-corrected chi connectivity index (χ0v) is 13.8. The van der Waals surface area contributed by atoms with Crippen molar-refractivity contribution in [2.75, 3.05) is 7.11 Å². The molecule has 0 N–H and O–H groups in total. The molecule has 0 saturated heterocycles. The number of aromatic nitrogens is 1. The lowest BCUT2D eigenvalue weighted by molar-refractivity contribution is 0.0734. The third-order valence-electron chi connectivity index (χ3n) is 3.53. The van der Waals surface area contributed by atoms with E-state index in [4.69, 9.17) is 9.47 Å². The lowest BCUT2D eigenvalue weighted by atomic mass is 10.2. The lowest BCUT2D eigenvalue weighted by Gasteiger charge is -2.06. The highest BCUT2D eigenvalue weighted by atomic mass is 16.5. The van der Waals surface area contributed by atoms with E-state index < -0.39 is 5.97 Å². The summed E-state index contributed by atoms with van der Waals surface area (Å²) in [5.74, 6) is 0.683. The van der Waals surface area contributed by atoms with Crippen LogP contribution in [0.15, 0.2) is 72.9 Å². The number of benzene rings is 2. The first-order valence-electron chi connectivity index (χ1n) is 7.80. The quantitative estimate of drug-likeness (QED) is 0.511. The van der Waals surface area contributed by atoms with Crippen molar-refractivity contribution in [3.05, 3.63) is 89.7 Å². The molecule has 1 heterocycles. The lowest BCUT2D eigenvalue weighted by Crippen LogP contribution is -2.08. The zero-order valence-electron chi connectivity index (χ0n) is 13.8. The van der Waals surface area contributed by atoms with Gasteiger partial charge in [0.2, 0.25) is 0 Å². The van der Waals surface area contributed by atoms with E-state index in [0.717, 1.165) is 11.3 Å². The van der Waals surface area contributed by atoms with Crippen molar-refractivity contribution in [3.63, 3.8) is 0 Å². The van der Waals surface area contributed by atoms with E-state index in [9.17, 15) is 4.79 Å². The Kier molecular flexibility index (Phi) is 5.22. The fourth-order valence-corrected chi connectivity index (χ4v) is 2.22. The van der Waals surface area contributed by atoms with E-state index in [0.29, 0.717) is 17.1 Å². The Balaban J connectivity index is 1.66. The van der Waals surface area contributed by atoms with Crippen molar-refractivity contribution in [1.82, 2.24) is 4.98 Å². The van der Waals surface area contributed by atoms with Crippen LogP contribution in [-0.4, -0.2) is 18.1 Å². The summed E-state index contributed by atoms with van der Waals surface area (Å²) in [7, 11) is 1.56. The van der Waals surface area contributed by atoms with Gasteiger partial charge in [0.15, 0.2) is 0 Å². The number of pyridine rings is 1. The summed E-state index contributed by atoms with van der Waals surface area (Å²) in [6.45, 7) is 0. The van der Waals surface area contributed by atoms with Crippen LogP contribution < -0.4 is 9.47 Å². The van der Waals surface area contributed by atoms with Crippen LogP contribution in [0.4, 0.5) is 0 Å². The van der Waals surface area contributed by atoms with Crippen LogP contribution in [0.25, 0.3) is 12.2 Å². The number of hydrogen-bond donors (Lipinski definition) is 0. The molecule has 4 nitrogen and oxygen atoms in total. The Morgan fingerprint density at radius 1 is 0.920 bits per heavy atom. The smallest absolute Gasteiger partial charge is 0.343 e. The molecule has 0 atom stereocenters. The second kappa shape index (κ2) is 7.93. The second-order valence-corrected chi connectivity index (χ2v) is 5.28. The first kappa shape index (κ1) is 16.5. The molecule has 4 heteroatoms. The standard InChI is InChI=1S/C21H17NO3/c1-24-20-7-4-5-17(15-20)21(23)25-19-12-9-16(10-13-19)8-11-18-6-2-3-14-22-18/h2-15H,1H3/b11-8+. The highest BCUT2D eigenvalue weighted by Crippen LogP contribution is 2.18. The molecule has 3 rings (SSSR count).